The molecular formula is C20H22O3. The highest BCUT2D eigenvalue weighted by Gasteiger charge is 2.48. The number of rotatable bonds is 2. The van der Waals surface area contributed by atoms with Crippen molar-refractivity contribution < 1.29 is 14.3 Å². The molecule has 0 aromatic heterocycles. The fourth-order valence-corrected chi connectivity index (χ4v) is 4.56. The van der Waals surface area contributed by atoms with Gasteiger partial charge in [0.2, 0.25) is 0 Å². The van der Waals surface area contributed by atoms with Crippen LogP contribution in [-0.2, 0) is 16.0 Å². The third-order valence-corrected chi connectivity index (χ3v) is 5.76. The second-order valence-corrected chi connectivity index (χ2v) is 7.03. The first-order valence-corrected chi connectivity index (χ1v) is 8.30. The standard InChI is InChI=1S/C20H22O3/c1-12(21)23-19-7-6-18-17-11-13-10-14(22-3)4-5-15(13)16(17)8-9-20(18,19)2/h4-6,10,19H,7-9,11H2,1-3H3/t19-,20+/m1/s1. The number of benzene rings is 1. The van der Waals surface area contributed by atoms with Crippen LogP contribution in [0.1, 0.15) is 44.2 Å². The number of hydrogen-bond donors (Lipinski definition) is 0. The van der Waals surface area contributed by atoms with Crippen molar-refractivity contribution in [3.05, 3.63) is 46.5 Å². The van der Waals surface area contributed by atoms with Crippen LogP contribution in [0.3, 0.4) is 0 Å². The van der Waals surface area contributed by atoms with E-state index in [4.69, 9.17) is 9.47 Å². The summed E-state index contributed by atoms with van der Waals surface area (Å²) in [6.07, 6.45) is 6.19. The van der Waals surface area contributed by atoms with Gasteiger partial charge >= 0.3 is 5.97 Å². The van der Waals surface area contributed by atoms with Gasteiger partial charge in [0.15, 0.2) is 0 Å². The average Bonchev–Trinajstić information content (AvgIpc) is 3.04. The van der Waals surface area contributed by atoms with Crippen LogP contribution >= 0.6 is 0 Å². The summed E-state index contributed by atoms with van der Waals surface area (Å²) in [4.78, 5) is 11.4. The van der Waals surface area contributed by atoms with Gasteiger partial charge in [0.1, 0.15) is 11.9 Å². The molecule has 0 saturated heterocycles. The van der Waals surface area contributed by atoms with E-state index in [9.17, 15) is 4.79 Å². The summed E-state index contributed by atoms with van der Waals surface area (Å²) >= 11 is 0. The predicted octanol–water partition coefficient (Wildman–Crippen LogP) is 4.07. The van der Waals surface area contributed by atoms with Gasteiger partial charge in [0.25, 0.3) is 0 Å². The average molecular weight is 310 g/mol. The molecule has 0 fully saturated rings. The summed E-state index contributed by atoms with van der Waals surface area (Å²) in [5.41, 5.74) is 7.04. The van der Waals surface area contributed by atoms with Crippen LogP contribution in [0.25, 0.3) is 5.57 Å². The van der Waals surface area contributed by atoms with E-state index in [2.05, 4.69) is 25.1 Å². The molecule has 4 rings (SSSR count). The van der Waals surface area contributed by atoms with Crippen molar-refractivity contribution in [1.29, 1.82) is 0 Å². The first-order chi connectivity index (χ1) is 11.0. The maximum Gasteiger partial charge on any atom is 0.302 e. The summed E-state index contributed by atoms with van der Waals surface area (Å²) < 4.78 is 11.0. The fraction of sp³-hybridized carbons (Fsp3) is 0.450. The van der Waals surface area contributed by atoms with Crippen molar-refractivity contribution in [3.8, 4) is 5.75 Å². The summed E-state index contributed by atoms with van der Waals surface area (Å²) in [5, 5.41) is 0. The molecule has 23 heavy (non-hydrogen) atoms. The zero-order chi connectivity index (χ0) is 16.2. The van der Waals surface area contributed by atoms with Crippen LogP contribution in [0, 0.1) is 5.41 Å². The molecule has 1 aromatic rings. The van der Waals surface area contributed by atoms with Gasteiger partial charge in [-0.05, 0) is 59.2 Å². The summed E-state index contributed by atoms with van der Waals surface area (Å²) in [5.74, 6) is 0.745. The molecular weight excluding hydrogens is 288 g/mol. The minimum absolute atomic E-state index is 0.0118. The van der Waals surface area contributed by atoms with Crippen LogP contribution in [0.2, 0.25) is 0 Å². The van der Waals surface area contributed by atoms with Crippen LogP contribution < -0.4 is 4.74 Å². The minimum atomic E-state index is -0.176. The molecule has 0 aliphatic heterocycles. The van der Waals surface area contributed by atoms with Crippen molar-refractivity contribution in [2.24, 2.45) is 5.41 Å². The van der Waals surface area contributed by atoms with E-state index in [0.29, 0.717) is 0 Å². The number of fused-ring (bicyclic) bond motifs is 4. The van der Waals surface area contributed by atoms with Crippen molar-refractivity contribution in [2.45, 2.75) is 45.6 Å². The summed E-state index contributed by atoms with van der Waals surface area (Å²) in [6, 6.07) is 6.40. The summed E-state index contributed by atoms with van der Waals surface area (Å²) in [7, 11) is 1.71. The normalized spacial score (nSPS) is 28.0. The molecule has 2 atom stereocenters. The van der Waals surface area contributed by atoms with Crippen molar-refractivity contribution in [3.63, 3.8) is 0 Å². The van der Waals surface area contributed by atoms with E-state index in [1.807, 2.05) is 6.07 Å². The fourth-order valence-electron chi connectivity index (χ4n) is 4.56. The van der Waals surface area contributed by atoms with Gasteiger partial charge in [0, 0.05) is 18.8 Å². The second-order valence-electron chi connectivity index (χ2n) is 7.03. The molecule has 120 valence electrons. The lowest BCUT2D eigenvalue weighted by Gasteiger charge is -2.38. The third-order valence-electron chi connectivity index (χ3n) is 5.76. The summed E-state index contributed by atoms with van der Waals surface area (Å²) in [6.45, 7) is 3.76. The van der Waals surface area contributed by atoms with Gasteiger partial charge < -0.3 is 9.47 Å². The number of carbonyl (C=O) groups excluding carboxylic acids is 1. The minimum Gasteiger partial charge on any atom is -0.497 e. The van der Waals surface area contributed by atoms with Crippen LogP contribution in [-0.4, -0.2) is 19.2 Å². The highest BCUT2D eigenvalue weighted by Crippen LogP contribution is 2.56. The van der Waals surface area contributed by atoms with Crippen molar-refractivity contribution in [1.82, 2.24) is 0 Å². The molecule has 0 heterocycles. The molecule has 0 saturated carbocycles. The predicted molar refractivity (Wildman–Crippen MR) is 89.2 cm³/mol. The Hall–Kier alpha value is -2.03. The quantitative estimate of drug-likeness (QED) is 0.773. The third kappa shape index (κ3) is 2.06. The molecule has 0 bridgehead atoms. The van der Waals surface area contributed by atoms with E-state index in [0.717, 1.165) is 31.4 Å². The Morgan fingerprint density at radius 1 is 1.30 bits per heavy atom. The Labute approximate surface area is 137 Å². The van der Waals surface area contributed by atoms with Crippen LogP contribution in [0.5, 0.6) is 5.75 Å². The highest BCUT2D eigenvalue weighted by atomic mass is 16.5. The Bertz CT molecular complexity index is 756. The van der Waals surface area contributed by atoms with Gasteiger partial charge in [-0.2, -0.15) is 0 Å². The van der Waals surface area contributed by atoms with Gasteiger partial charge in [0.05, 0.1) is 7.11 Å². The Kier molecular flexibility index (Phi) is 3.15. The molecule has 3 nitrogen and oxygen atoms in total. The molecule has 3 aliphatic rings. The number of hydrogen-bond acceptors (Lipinski definition) is 3. The Morgan fingerprint density at radius 3 is 2.87 bits per heavy atom. The maximum absolute atomic E-state index is 11.4. The second kappa shape index (κ2) is 4.98. The first kappa shape index (κ1) is 14.6. The lowest BCUT2D eigenvalue weighted by molar-refractivity contribution is -0.150. The van der Waals surface area contributed by atoms with E-state index < -0.39 is 0 Å². The Morgan fingerprint density at radius 2 is 2.13 bits per heavy atom. The first-order valence-electron chi connectivity index (χ1n) is 8.30. The molecule has 0 N–H and O–H groups in total. The molecule has 0 spiro atoms. The number of ether oxygens (including phenoxy) is 2. The van der Waals surface area contributed by atoms with Gasteiger partial charge in [-0.3, -0.25) is 4.79 Å². The number of allylic oxidation sites excluding steroid dienone is 2. The van der Waals surface area contributed by atoms with Crippen molar-refractivity contribution in [2.75, 3.05) is 7.11 Å². The van der Waals surface area contributed by atoms with E-state index in [-0.39, 0.29) is 17.5 Å². The topological polar surface area (TPSA) is 35.5 Å². The number of carbonyl (C=O) groups is 1. The zero-order valence-electron chi connectivity index (χ0n) is 13.9. The molecule has 3 aliphatic carbocycles. The molecule has 0 amide bonds. The molecule has 0 unspecified atom stereocenters. The largest absolute Gasteiger partial charge is 0.497 e. The molecule has 1 aromatic carbocycles. The van der Waals surface area contributed by atoms with E-state index >= 15 is 0 Å². The highest BCUT2D eigenvalue weighted by molar-refractivity contribution is 5.82. The zero-order valence-corrected chi connectivity index (χ0v) is 13.9. The smallest absolute Gasteiger partial charge is 0.302 e. The lowest BCUT2D eigenvalue weighted by Crippen LogP contribution is -2.35. The number of methoxy groups -OCH3 is 1. The van der Waals surface area contributed by atoms with E-state index in [1.54, 1.807) is 7.11 Å². The SMILES string of the molecule is COc1ccc2c(c1)CC1=C2CC[C@@]2(C)C1=CC[C@H]2OC(C)=O. The van der Waals surface area contributed by atoms with E-state index in [1.165, 1.54) is 34.8 Å². The molecule has 0 radical (unpaired) electrons. The van der Waals surface area contributed by atoms with Gasteiger partial charge in [-0.25, -0.2) is 0 Å². The number of esters is 1. The van der Waals surface area contributed by atoms with Gasteiger partial charge in [-0.1, -0.05) is 19.1 Å². The maximum atomic E-state index is 11.4. The Balaban J connectivity index is 1.70. The van der Waals surface area contributed by atoms with Crippen LogP contribution in [0.15, 0.2) is 35.4 Å². The lowest BCUT2D eigenvalue weighted by atomic mass is 9.69. The van der Waals surface area contributed by atoms with Crippen molar-refractivity contribution >= 4 is 11.5 Å². The molecule has 3 heteroatoms. The van der Waals surface area contributed by atoms with Gasteiger partial charge in [-0.15, -0.1) is 0 Å². The monoisotopic (exact) mass is 310 g/mol. The van der Waals surface area contributed by atoms with Crippen LogP contribution in [0.4, 0.5) is 0 Å².